The molecule has 0 spiro atoms. The number of alkyl halides is 3. The highest BCUT2D eigenvalue weighted by Gasteiger charge is 2.35. The fraction of sp³-hybridized carbons (Fsp3) is 0.111. The smallest absolute Gasteiger partial charge is 0.232 e. The van der Waals surface area contributed by atoms with Crippen molar-refractivity contribution in [2.45, 2.75) is 11.1 Å². The van der Waals surface area contributed by atoms with Crippen LogP contribution in [-0.2, 0) is 16.0 Å². The topological polar surface area (TPSA) is 75.8 Å². The van der Waals surface area contributed by atoms with Gasteiger partial charge < -0.3 is 0 Å². The van der Waals surface area contributed by atoms with Crippen LogP contribution in [0.1, 0.15) is 11.3 Å². The van der Waals surface area contributed by atoms with Gasteiger partial charge in [0.25, 0.3) is 0 Å². The van der Waals surface area contributed by atoms with E-state index in [0.717, 1.165) is 35.2 Å². The van der Waals surface area contributed by atoms with Crippen LogP contribution in [0.4, 0.5) is 17.6 Å². The van der Waals surface area contributed by atoms with E-state index in [4.69, 9.17) is 5.26 Å². The number of hydrogen-bond donors (Lipinski definition) is 0. The first-order chi connectivity index (χ1) is 13.0. The highest BCUT2D eigenvalue weighted by Crippen LogP contribution is 2.33. The second-order valence-corrected chi connectivity index (χ2v) is 7.89. The van der Waals surface area contributed by atoms with E-state index in [0.29, 0.717) is 0 Å². The van der Waals surface area contributed by atoms with Crippen molar-refractivity contribution in [3.05, 3.63) is 65.6 Å². The fourth-order valence-electron chi connectivity index (χ4n) is 2.59. The van der Waals surface area contributed by atoms with Gasteiger partial charge in [-0.15, -0.1) is 0 Å². The first kappa shape index (κ1) is 19.6. The average Bonchev–Trinajstić information content (AvgIpc) is 3.06. The van der Waals surface area contributed by atoms with Gasteiger partial charge in [-0.1, -0.05) is 12.1 Å². The molecule has 3 rings (SSSR count). The summed E-state index contributed by atoms with van der Waals surface area (Å²) in [7, 11) is -3.84. The largest absolute Gasteiger partial charge is 0.435 e. The van der Waals surface area contributed by atoms with Crippen LogP contribution < -0.4 is 0 Å². The van der Waals surface area contributed by atoms with Gasteiger partial charge in [-0.2, -0.15) is 23.5 Å². The van der Waals surface area contributed by atoms with Gasteiger partial charge in [-0.05, 0) is 30.3 Å². The zero-order valence-corrected chi connectivity index (χ0v) is 15.0. The van der Waals surface area contributed by atoms with Crippen molar-refractivity contribution in [3.8, 4) is 23.0 Å². The van der Waals surface area contributed by atoms with Crippen LogP contribution in [0.3, 0.4) is 0 Å². The Bertz CT molecular complexity index is 1210. The lowest BCUT2D eigenvalue weighted by Gasteiger charge is -2.09. The van der Waals surface area contributed by atoms with E-state index in [-0.39, 0.29) is 22.5 Å². The first-order valence-electron chi connectivity index (χ1n) is 7.68. The lowest BCUT2D eigenvalue weighted by Crippen LogP contribution is -2.08. The Kier molecular flexibility index (Phi) is 4.72. The summed E-state index contributed by atoms with van der Waals surface area (Å²) >= 11 is 0. The maximum absolute atomic E-state index is 14.2. The summed E-state index contributed by atoms with van der Waals surface area (Å²) in [5.41, 5.74) is -0.863. The normalized spacial score (nSPS) is 12.0. The molecule has 0 aliphatic carbocycles. The van der Waals surface area contributed by atoms with Crippen LogP contribution in [0.25, 0.3) is 16.9 Å². The predicted octanol–water partition coefficient (Wildman–Crippen LogP) is 3.97. The summed E-state index contributed by atoms with van der Waals surface area (Å²) in [5, 5.41) is 12.5. The van der Waals surface area contributed by atoms with Gasteiger partial charge in [-0.3, -0.25) is 0 Å². The number of nitrogens with zero attached hydrogens (tertiary/aromatic N) is 3. The SMILES string of the molecule is CS(=O)(=O)c1ccc(-n2nc(C(F)(F)F)cc2-c2cccc(C#N)c2)cc1F. The van der Waals surface area contributed by atoms with Crippen LogP contribution in [0.5, 0.6) is 0 Å². The molecule has 0 aliphatic heterocycles. The summed E-state index contributed by atoms with van der Waals surface area (Å²) < 4.78 is 77.7. The minimum absolute atomic E-state index is 0.0315. The van der Waals surface area contributed by atoms with E-state index in [1.165, 1.54) is 24.3 Å². The molecule has 2 aromatic carbocycles. The molecular weight excluding hydrogens is 398 g/mol. The molecule has 0 fully saturated rings. The molecule has 0 saturated heterocycles. The van der Waals surface area contributed by atoms with E-state index in [1.54, 1.807) is 0 Å². The zero-order chi connectivity index (χ0) is 20.7. The van der Waals surface area contributed by atoms with Crippen LogP contribution >= 0.6 is 0 Å². The van der Waals surface area contributed by atoms with Gasteiger partial charge in [0.15, 0.2) is 15.5 Å². The molecule has 0 saturated carbocycles. The molecule has 1 heterocycles. The molecule has 0 unspecified atom stereocenters. The second kappa shape index (κ2) is 6.76. The van der Waals surface area contributed by atoms with Gasteiger partial charge in [0.2, 0.25) is 0 Å². The predicted molar refractivity (Wildman–Crippen MR) is 91.8 cm³/mol. The molecule has 0 aliphatic rings. The lowest BCUT2D eigenvalue weighted by molar-refractivity contribution is -0.141. The number of hydrogen-bond acceptors (Lipinski definition) is 4. The minimum atomic E-state index is -4.75. The van der Waals surface area contributed by atoms with Crippen molar-refractivity contribution in [2.75, 3.05) is 6.26 Å². The third kappa shape index (κ3) is 3.75. The maximum atomic E-state index is 14.2. The molecular formula is C18H11F4N3O2S. The Morgan fingerprint density at radius 3 is 2.39 bits per heavy atom. The summed E-state index contributed by atoms with van der Waals surface area (Å²) in [4.78, 5) is -0.576. The van der Waals surface area contributed by atoms with Crippen LogP contribution in [0, 0.1) is 17.1 Å². The van der Waals surface area contributed by atoms with Crippen molar-refractivity contribution in [3.63, 3.8) is 0 Å². The van der Waals surface area contributed by atoms with Crippen LogP contribution in [-0.4, -0.2) is 24.5 Å². The lowest BCUT2D eigenvalue weighted by atomic mass is 10.1. The number of aromatic nitrogens is 2. The van der Waals surface area contributed by atoms with Crippen molar-refractivity contribution < 1.29 is 26.0 Å². The molecule has 0 amide bonds. The summed E-state index contributed by atoms with van der Waals surface area (Å²) in [5.74, 6) is -1.11. The molecule has 1 aromatic heterocycles. The summed E-state index contributed by atoms with van der Waals surface area (Å²) in [6, 6.07) is 11.4. The maximum Gasteiger partial charge on any atom is 0.435 e. The third-order valence-electron chi connectivity index (χ3n) is 3.85. The third-order valence-corrected chi connectivity index (χ3v) is 4.98. The van der Waals surface area contributed by atoms with Crippen molar-refractivity contribution >= 4 is 9.84 Å². The van der Waals surface area contributed by atoms with Gasteiger partial charge >= 0.3 is 6.18 Å². The Morgan fingerprint density at radius 1 is 1.11 bits per heavy atom. The summed E-state index contributed by atoms with van der Waals surface area (Å²) in [6.45, 7) is 0. The van der Waals surface area contributed by atoms with Gasteiger partial charge in [0.1, 0.15) is 10.7 Å². The van der Waals surface area contributed by atoms with E-state index < -0.39 is 32.4 Å². The Labute approximate surface area is 157 Å². The molecule has 10 heteroatoms. The Morgan fingerprint density at radius 2 is 1.82 bits per heavy atom. The van der Waals surface area contributed by atoms with E-state index in [2.05, 4.69) is 5.10 Å². The molecule has 0 atom stereocenters. The molecule has 28 heavy (non-hydrogen) atoms. The molecule has 0 bridgehead atoms. The van der Waals surface area contributed by atoms with E-state index in [9.17, 15) is 26.0 Å². The number of nitriles is 1. The quantitative estimate of drug-likeness (QED) is 0.614. The first-order valence-corrected chi connectivity index (χ1v) is 9.57. The fourth-order valence-corrected chi connectivity index (χ4v) is 3.32. The number of sulfone groups is 1. The van der Waals surface area contributed by atoms with Gasteiger partial charge in [0.05, 0.1) is 23.0 Å². The highest BCUT2D eigenvalue weighted by atomic mass is 32.2. The number of halogens is 4. The average molecular weight is 409 g/mol. The van der Waals surface area contributed by atoms with Gasteiger partial charge in [-0.25, -0.2) is 17.5 Å². The Hall–Kier alpha value is -3.19. The number of rotatable bonds is 3. The second-order valence-electron chi connectivity index (χ2n) is 5.90. The summed E-state index contributed by atoms with van der Waals surface area (Å²) in [6.07, 6.45) is -3.93. The molecule has 144 valence electrons. The Balaban J connectivity index is 2.24. The number of benzene rings is 2. The molecule has 5 nitrogen and oxygen atoms in total. The monoisotopic (exact) mass is 409 g/mol. The van der Waals surface area contributed by atoms with Gasteiger partial charge in [0, 0.05) is 17.9 Å². The van der Waals surface area contributed by atoms with Crippen molar-refractivity contribution in [1.29, 1.82) is 5.26 Å². The van der Waals surface area contributed by atoms with Crippen molar-refractivity contribution in [2.24, 2.45) is 0 Å². The van der Waals surface area contributed by atoms with Crippen molar-refractivity contribution in [1.82, 2.24) is 9.78 Å². The van der Waals surface area contributed by atoms with Crippen LogP contribution in [0.15, 0.2) is 53.4 Å². The minimum Gasteiger partial charge on any atom is -0.232 e. The highest BCUT2D eigenvalue weighted by molar-refractivity contribution is 7.90. The standard InChI is InChI=1S/C18H11F4N3O2S/c1-28(26,27)16-6-5-13(8-14(16)19)25-15(9-17(24-25)18(20,21)22)12-4-2-3-11(7-12)10-23/h2-9H,1H3. The zero-order valence-electron chi connectivity index (χ0n) is 14.2. The van der Waals surface area contributed by atoms with E-state index >= 15 is 0 Å². The molecule has 3 aromatic rings. The van der Waals surface area contributed by atoms with E-state index in [1.807, 2.05) is 6.07 Å². The molecule has 0 radical (unpaired) electrons. The molecule has 0 N–H and O–H groups in total. The van der Waals surface area contributed by atoms with Crippen LogP contribution in [0.2, 0.25) is 0 Å².